The molecule has 0 spiro atoms. The SMILES string of the molecule is COCCN(CC(=O)N(Cc1cccn1Cc1ccccc1Cl)C1CCCCC1)S(=O)(=O)c1ccc2ccccc2c1. The molecule has 7 nitrogen and oxygen atoms in total. The number of rotatable bonds is 12. The maximum absolute atomic E-state index is 14.1. The van der Waals surface area contributed by atoms with Crippen LogP contribution in [0.15, 0.2) is 90.0 Å². The van der Waals surface area contributed by atoms with E-state index in [2.05, 4.69) is 4.57 Å². The number of carbonyl (C=O) groups is 1. The van der Waals surface area contributed by atoms with Gasteiger partial charge >= 0.3 is 0 Å². The average molecular weight is 608 g/mol. The normalized spacial score (nSPS) is 14.5. The van der Waals surface area contributed by atoms with Gasteiger partial charge in [0.2, 0.25) is 15.9 Å². The minimum absolute atomic E-state index is 0.0579. The van der Waals surface area contributed by atoms with Gasteiger partial charge in [-0.15, -0.1) is 0 Å². The van der Waals surface area contributed by atoms with Crippen molar-refractivity contribution in [1.29, 1.82) is 0 Å². The van der Waals surface area contributed by atoms with Gasteiger partial charge in [0.05, 0.1) is 24.6 Å². The zero-order valence-corrected chi connectivity index (χ0v) is 25.6. The van der Waals surface area contributed by atoms with Crippen molar-refractivity contribution in [2.75, 3.05) is 26.8 Å². The molecule has 1 heterocycles. The second-order valence-corrected chi connectivity index (χ2v) is 13.2. The summed E-state index contributed by atoms with van der Waals surface area (Å²) >= 11 is 6.45. The van der Waals surface area contributed by atoms with E-state index in [1.165, 1.54) is 11.4 Å². The van der Waals surface area contributed by atoms with Crippen molar-refractivity contribution in [1.82, 2.24) is 13.8 Å². The highest BCUT2D eigenvalue weighted by atomic mass is 35.5. The molecule has 1 amide bonds. The fourth-order valence-corrected chi connectivity index (χ4v) is 7.35. The third-order valence-corrected chi connectivity index (χ3v) is 10.3. The van der Waals surface area contributed by atoms with Crippen LogP contribution in [0.1, 0.15) is 43.4 Å². The standard InChI is InChI=1S/C33H38ClN3O4S/c1-41-21-20-36(42(39,40)31-18-17-26-10-5-6-11-27(26)22-31)25-33(38)37(29-13-3-2-4-14-29)24-30-15-9-19-35(30)23-28-12-7-8-16-32(28)34/h5-12,15-19,22,29H,2-4,13-14,20-21,23-25H2,1H3. The maximum Gasteiger partial charge on any atom is 0.243 e. The van der Waals surface area contributed by atoms with Gasteiger partial charge in [0.15, 0.2) is 0 Å². The first kappa shape index (κ1) is 30.3. The summed E-state index contributed by atoms with van der Waals surface area (Å²) < 4.78 is 36.4. The molecule has 0 aliphatic heterocycles. The number of methoxy groups -OCH3 is 1. The number of amides is 1. The molecular weight excluding hydrogens is 570 g/mol. The average Bonchev–Trinajstić information content (AvgIpc) is 3.45. The number of ether oxygens (including phenoxy) is 1. The van der Waals surface area contributed by atoms with Crippen LogP contribution in [0.2, 0.25) is 5.02 Å². The zero-order valence-electron chi connectivity index (χ0n) is 24.0. The van der Waals surface area contributed by atoms with Crippen LogP contribution in [-0.2, 0) is 32.6 Å². The van der Waals surface area contributed by atoms with Crippen molar-refractivity contribution < 1.29 is 17.9 Å². The van der Waals surface area contributed by atoms with Crippen molar-refractivity contribution in [2.24, 2.45) is 0 Å². The Hall–Kier alpha value is -3.17. The van der Waals surface area contributed by atoms with Gasteiger partial charge in [-0.25, -0.2) is 8.42 Å². The van der Waals surface area contributed by atoms with E-state index in [4.69, 9.17) is 16.3 Å². The number of aromatic nitrogens is 1. The van der Waals surface area contributed by atoms with E-state index in [1.807, 2.05) is 71.8 Å². The summed E-state index contributed by atoms with van der Waals surface area (Å²) in [5.41, 5.74) is 1.98. The quantitative estimate of drug-likeness (QED) is 0.188. The number of hydrogen-bond donors (Lipinski definition) is 0. The molecule has 0 radical (unpaired) electrons. The fourth-order valence-electron chi connectivity index (χ4n) is 5.74. The van der Waals surface area contributed by atoms with Gasteiger partial charge in [0.1, 0.15) is 0 Å². The number of benzene rings is 3. The van der Waals surface area contributed by atoms with E-state index in [9.17, 15) is 13.2 Å². The molecule has 222 valence electrons. The van der Waals surface area contributed by atoms with Crippen molar-refractivity contribution in [3.63, 3.8) is 0 Å². The molecule has 9 heteroatoms. The molecule has 0 bridgehead atoms. The Bertz CT molecular complexity index is 1610. The van der Waals surface area contributed by atoms with E-state index in [1.54, 1.807) is 18.2 Å². The van der Waals surface area contributed by atoms with E-state index < -0.39 is 10.0 Å². The van der Waals surface area contributed by atoms with Crippen LogP contribution in [0, 0.1) is 0 Å². The van der Waals surface area contributed by atoms with E-state index in [0.717, 1.165) is 54.1 Å². The summed E-state index contributed by atoms with van der Waals surface area (Å²) in [5.74, 6) is -0.201. The van der Waals surface area contributed by atoms with Gasteiger partial charge in [-0.2, -0.15) is 4.31 Å². The number of nitrogens with zero attached hydrogens (tertiary/aromatic N) is 3. The number of halogens is 1. The maximum atomic E-state index is 14.1. The molecule has 0 unspecified atom stereocenters. The molecule has 1 fully saturated rings. The van der Waals surface area contributed by atoms with Gasteiger partial charge in [0, 0.05) is 43.2 Å². The Morgan fingerprint density at radius 3 is 2.45 bits per heavy atom. The first-order valence-electron chi connectivity index (χ1n) is 14.5. The Morgan fingerprint density at radius 1 is 0.952 bits per heavy atom. The summed E-state index contributed by atoms with van der Waals surface area (Å²) in [5, 5.41) is 2.49. The molecule has 3 aromatic carbocycles. The van der Waals surface area contributed by atoms with Crippen LogP contribution in [0.25, 0.3) is 10.8 Å². The molecule has 0 atom stereocenters. The van der Waals surface area contributed by atoms with E-state index in [-0.39, 0.29) is 36.5 Å². The van der Waals surface area contributed by atoms with E-state index in [0.29, 0.717) is 18.1 Å². The monoisotopic (exact) mass is 607 g/mol. The van der Waals surface area contributed by atoms with Gasteiger partial charge in [-0.05, 0) is 59.5 Å². The van der Waals surface area contributed by atoms with Gasteiger partial charge in [-0.3, -0.25) is 4.79 Å². The summed E-state index contributed by atoms with van der Waals surface area (Å²) in [4.78, 5) is 16.2. The lowest BCUT2D eigenvalue weighted by Gasteiger charge is -2.36. The van der Waals surface area contributed by atoms with Crippen LogP contribution >= 0.6 is 11.6 Å². The van der Waals surface area contributed by atoms with Crippen LogP contribution in [0.5, 0.6) is 0 Å². The number of hydrogen-bond acceptors (Lipinski definition) is 4. The van der Waals surface area contributed by atoms with Gasteiger partial charge in [-0.1, -0.05) is 79.4 Å². The lowest BCUT2D eigenvalue weighted by Crippen LogP contribution is -2.48. The smallest absolute Gasteiger partial charge is 0.243 e. The highest BCUT2D eigenvalue weighted by molar-refractivity contribution is 7.89. The highest BCUT2D eigenvalue weighted by Crippen LogP contribution is 2.27. The summed E-state index contributed by atoms with van der Waals surface area (Å²) in [7, 11) is -2.42. The molecule has 0 N–H and O–H groups in total. The molecular formula is C33H38ClN3O4S. The molecule has 0 saturated heterocycles. The molecule has 1 saturated carbocycles. The molecule has 1 aliphatic carbocycles. The van der Waals surface area contributed by atoms with Crippen LogP contribution < -0.4 is 0 Å². The number of carbonyl (C=O) groups excluding carboxylic acids is 1. The molecule has 1 aliphatic rings. The zero-order chi connectivity index (χ0) is 29.5. The van der Waals surface area contributed by atoms with Gasteiger partial charge in [0.25, 0.3) is 0 Å². The van der Waals surface area contributed by atoms with E-state index >= 15 is 0 Å². The third-order valence-electron chi connectivity index (χ3n) is 8.11. The lowest BCUT2D eigenvalue weighted by atomic mass is 9.94. The Kier molecular flexibility index (Phi) is 10.0. The molecule has 42 heavy (non-hydrogen) atoms. The molecule has 4 aromatic rings. The second kappa shape index (κ2) is 13.9. The summed E-state index contributed by atoms with van der Waals surface area (Å²) in [6, 6.07) is 24.5. The van der Waals surface area contributed by atoms with Crippen molar-refractivity contribution in [2.45, 2.75) is 56.1 Å². The minimum atomic E-state index is -3.95. The van der Waals surface area contributed by atoms with Crippen LogP contribution in [-0.4, -0.2) is 60.9 Å². The Morgan fingerprint density at radius 2 is 1.69 bits per heavy atom. The summed E-state index contributed by atoms with van der Waals surface area (Å²) in [6.45, 7) is 1.00. The Balaban J connectivity index is 1.41. The fraction of sp³-hybridized carbons (Fsp3) is 0.364. The first-order chi connectivity index (χ1) is 20.4. The topological polar surface area (TPSA) is 71.8 Å². The predicted octanol–water partition coefficient (Wildman–Crippen LogP) is 6.34. The number of fused-ring (bicyclic) bond motifs is 1. The first-order valence-corrected chi connectivity index (χ1v) is 16.3. The Labute approximate surface area is 253 Å². The number of sulfonamides is 1. The van der Waals surface area contributed by atoms with Crippen LogP contribution in [0.4, 0.5) is 0 Å². The minimum Gasteiger partial charge on any atom is -0.383 e. The predicted molar refractivity (Wildman–Crippen MR) is 167 cm³/mol. The summed E-state index contributed by atoms with van der Waals surface area (Å²) in [6.07, 6.45) is 7.07. The van der Waals surface area contributed by atoms with Crippen LogP contribution in [0.3, 0.4) is 0 Å². The second-order valence-electron chi connectivity index (χ2n) is 10.9. The molecule has 5 rings (SSSR count). The third kappa shape index (κ3) is 7.06. The lowest BCUT2D eigenvalue weighted by molar-refractivity contribution is -0.135. The molecule has 1 aromatic heterocycles. The van der Waals surface area contributed by atoms with Gasteiger partial charge < -0.3 is 14.2 Å². The largest absolute Gasteiger partial charge is 0.383 e. The van der Waals surface area contributed by atoms with Crippen molar-refractivity contribution >= 4 is 38.3 Å². The van der Waals surface area contributed by atoms with Crippen molar-refractivity contribution in [3.8, 4) is 0 Å². The van der Waals surface area contributed by atoms with Crippen molar-refractivity contribution in [3.05, 3.63) is 101 Å². The highest BCUT2D eigenvalue weighted by Gasteiger charge is 2.32.